The van der Waals surface area contributed by atoms with Crippen molar-refractivity contribution in [2.75, 3.05) is 0 Å². The predicted molar refractivity (Wildman–Crippen MR) is 68.4 cm³/mol. The minimum Gasteiger partial charge on any atom is -0.477 e. The number of carbonyl (C=O) groups is 1. The lowest BCUT2D eigenvalue weighted by atomic mass is 10.1. The van der Waals surface area contributed by atoms with Crippen molar-refractivity contribution >= 4 is 5.97 Å². The Morgan fingerprint density at radius 3 is 2.50 bits per heavy atom. The fourth-order valence-corrected chi connectivity index (χ4v) is 1.73. The smallest absolute Gasteiger partial charge is 0.342 e. The minimum absolute atomic E-state index is 0.182. The normalized spacial score (nSPS) is 10.4. The molecular weight excluding hydrogens is 267 g/mol. The van der Waals surface area contributed by atoms with Crippen LogP contribution in [-0.2, 0) is 13.0 Å². The molecule has 0 spiro atoms. The largest absolute Gasteiger partial charge is 0.477 e. The standard InChI is InChI=1S/C13H11FN2O4/c14-9-3-1-8(2-4-9)5-6-16-7-10(12(18)19)11(17)15-13(16)20/h1-4,7H,5-6H2,(H,18,19)(H,15,17,20). The monoisotopic (exact) mass is 278 g/mol. The molecule has 0 aliphatic heterocycles. The molecule has 0 aliphatic rings. The number of rotatable bonds is 4. The fraction of sp³-hybridized carbons (Fsp3) is 0.154. The zero-order chi connectivity index (χ0) is 14.7. The third-order valence-electron chi connectivity index (χ3n) is 2.80. The molecule has 0 atom stereocenters. The third kappa shape index (κ3) is 3.00. The maximum absolute atomic E-state index is 12.7. The maximum Gasteiger partial charge on any atom is 0.342 e. The highest BCUT2D eigenvalue weighted by molar-refractivity contribution is 5.86. The van der Waals surface area contributed by atoms with Crippen LogP contribution >= 0.6 is 0 Å². The van der Waals surface area contributed by atoms with Crippen LogP contribution in [0, 0.1) is 5.82 Å². The van der Waals surface area contributed by atoms with Gasteiger partial charge in [0, 0.05) is 12.7 Å². The number of aryl methyl sites for hydroxylation is 2. The summed E-state index contributed by atoms with van der Waals surface area (Å²) in [6, 6.07) is 5.75. The van der Waals surface area contributed by atoms with E-state index >= 15 is 0 Å². The average molecular weight is 278 g/mol. The van der Waals surface area contributed by atoms with Gasteiger partial charge < -0.3 is 5.11 Å². The summed E-state index contributed by atoms with van der Waals surface area (Å²) in [5.74, 6) is -1.76. The molecule has 0 saturated carbocycles. The van der Waals surface area contributed by atoms with Crippen molar-refractivity contribution in [2.24, 2.45) is 0 Å². The molecule has 1 aromatic heterocycles. The predicted octanol–water partition coefficient (Wildman–Crippen LogP) is 0.617. The Hall–Kier alpha value is -2.70. The number of hydrogen-bond acceptors (Lipinski definition) is 3. The Morgan fingerprint density at radius 2 is 1.90 bits per heavy atom. The van der Waals surface area contributed by atoms with Crippen LogP contribution in [0.15, 0.2) is 40.1 Å². The van der Waals surface area contributed by atoms with Gasteiger partial charge in [0.25, 0.3) is 5.56 Å². The Balaban J connectivity index is 2.23. The van der Waals surface area contributed by atoms with Crippen molar-refractivity contribution in [1.82, 2.24) is 9.55 Å². The van der Waals surface area contributed by atoms with Crippen LogP contribution in [0.2, 0.25) is 0 Å². The van der Waals surface area contributed by atoms with Crippen molar-refractivity contribution in [3.63, 3.8) is 0 Å². The second-order valence-electron chi connectivity index (χ2n) is 4.18. The summed E-state index contributed by atoms with van der Waals surface area (Å²) in [7, 11) is 0. The number of carboxylic acids is 1. The Labute approximate surface area is 112 Å². The number of H-pyrrole nitrogens is 1. The van der Waals surface area contributed by atoms with E-state index in [0.29, 0.717) is 6.42 Å². The summed E-state index contributed by atoms with van der Waals surface area (Å²) in [6.07, 6.45) is 1.41. The first-order valence-corrected chi connectivity index (χ1v) is 5.79. The van der Waals surface area contributed by atoms with E-state index in [0.717, 1.165) is 16.3 Å². The van der Waals surface area contributed by atoms with E-state index in [9.17, 15) is 18.8 Å². The number of carboxylic acid groups (broad SMARTS) is 1. The Kier molecular flexibility index (Phi) is 3.79. The van der Waals surface area contributed by atoms with Crippen LogP contribution in [0.4, 0.5) is 4.39 Å². The van der Waals surface area contributed by atoms with Gasteiger partial charge in [0.1, 0.15) is 11.4 Å². The highest BCUT2D eigenvalue weighted by atomic mass is 19.1. The third-order valence-corrected chi connectivity index (χ3v) is 2.80. The summed E-state index contributed by atoms with van der Waals surface area (Å²) in [5, 5.41) is 8.82. The first-order valence-electron chi connectivity index (χ1n) is 5.79. The lowest BCUT2D eigenvalue weighted by Gasteiger charge is -2.06. The number of aromatic nitrogens is 2. The van der Waals surface area contributed by atoms with Gasteiger partial charge in [-0.2, -0.15) is 0 Å². The molecule has 0 radical (unpaired) electrons. The molecule has 2 aromatic rings. The van der Waals surface area contributed by atoms with Crippen molar-refractivity contribution < 1.29 is 14.3 Å². The number of nitrogens with one attached hydrogen (secondary N) is 1. The van der Waals surface area contributed by atoms with Gasteiger partial charge in [-0.3, -0.25) is 14.3 Å². The molecule has 2 rings (SSSR count). The zero-order valence-corrected chi connectivity index (χ0v) is 10.3. The van der Waals surface area contributed by atoms with E-state index in [-0.39, 0.29) is 12.4 Å². The number of aromatic amines is 1. The van der Waals surface area contributed by atoms with Gasteiger partial charge in [-0.05, 0) is 24.1 Å². The van der Waals surface area contributed by atoms with Crippen LogP contribution in [-0.4, -0.2) is 20.6 Å². The van der Waals surface area contributed by atoms with Gasteiger partial charge in [-0.1, -0.05) is 12.1 Å². The Morgan fingerprint density at radius 1 is 1.25 bits per heavy atom. The number of benzene rings is 1. The molecule has 0 fully saturated rings. The van der Waals surface area contributed by atoms with Gasteiger partial charge in [0.05, 0.1) is 0 Å². The second kappa shape index (κ2) is 5.52. The highest BCUT2D eigenvalue weighted by Gasteiger charge is 2.11. The molecule has 0 bridgehead atoms. The average Bonchev–Trinajstić information content (AvgIpc) is 2.39. The number of hydrogen-bond donors (Lipinski definition) is 2. The summed E-state index contributed by atoms with van der Waals surface area (Å²) in [5.41, 5.74) is -1.31. The molecule has 7 heteroatoms. The SMILES string of the molecule is O=C(O)c1cn(CCc2ccc(F)cc2)c(=O)[nH]c1=O. The molecule has 2 N–H and O–H groups in total. The van der Waals surface area contributed by atoms with E-state index in [1.54, 1.807) is 12.1 Å². The first-order chi connectivity index (χ1) is 9.47. The van der Waals surface area contributed by atoms with Crippen LogP contribution in [0.25, 0.3) is 0 Å². The van der Waals surface area contributed by atoms with Crippen molar-refractivity contribution in [3.05, 3.63) is 68.2 Å². The maximum atomic E-state index is 12.7. The topological polar surface area (TPSA) is 92.2 Å². The van der Waals surface area contributed by atoms with Gasteiger partial charge in [-0.15, -0.1) is 0 Å². The summed E-state index contributed by atoms with van der Waals surface area (Å²) in [4.78, 5) is 35.6. The lowest BCUT2D eigenvalue weighted by Crippen LogP contribution is -2.33. The van der Waals surface area contributed by atoms with Gasteiger partial charge in [0.2, 0.25) is 0 Å². The van der Waals surface area contributed by atoms with Crippen molar-refractivity contribution in [1.29, 1.82) is 0 Å². The number of halogens is 1. The van der Waals surface area contributed by atoms with E-state index in [4.69, 9.17) is 5.11 Å². The summed E-state index contributed by atoms with van der Waals surface area (Å²) in [6.45, 7) is 0.182. The number of aromatic carboxylic acids is 1. The molecule has 0 saturated heterocycles. The van der Waals surface area contributed by atoms with Crippen LogP contribution in [0.3, 0.4) is 0 Å². The van der Waals surface area contributed by atoms with Crippen LogP contribution in [0.1, 0.15) is 15.9 Å². The second-order valence-corrected chi connectivity index (χ2v) is 4.18. The molecule has 0 aliphatic carbocycles. The Bertz CT molecular complexity index is 746. The van der Waals surface area contributed by atoms with Gasteiger partial charge in [0.15, 0.2) is 0 Å². The molecular formula is C13H11FN2O4. The summed E-state index contributed by atoms with van der Waals surface area (Å²) < 4.78 is 13.8. The van der Waals surface area contributed by atoms with Gasteiger partial charge in [-0.25, -0.2) is 14.0 Å². The molecule has 1 heterocycles. The van der Waals surface area contributed by atoms with E-state index < -0.39 is 22.8 Å². The zero-order valence-electron chi connectivity index (χ0n) is 10.3. The molecule has 0 unspecified atom stereocenters. The van der Waals surface area contributed by atoms with E-state index in [1.807, 2.05) is 4.98 Å². The number of nitrogens with zero attached hydrogens (tertiary/aromatic N) is 1. The van der Waals surface area contributed by atoms with Crippen molar-refractivity contribution in [3.8, 4) is 0 Å². The molecule has 0 amide bonds. The minimum atomic E-state index is -1.40. The quantitative estimate of drug-likeness (QED) is 0.857. The van der Waals surface area contributed by atoms with Crippen molar-refractivity contribution in [2.45, 2.75) is 13.0 Å². The first kappa shape index (κ1) is 13.7. The van der Waals surface area contributed by atoms with Gasteiger partial charge >= 0.3 is 11.7 Å². The van der Waals surface area contributed by atoms with E-state index in [2.05, 4.69) is 0 Å². The van der Waals surface area contributed by atoms with Crippen LogP contribution in [0.5, 0.6) is 0 Å². The lowest BCUT2D eigenvalue weighted by molar-refractivity contribution is 0.0693. The molecule has 1 aromatic carbocycles. The van der Waals surface area contributed by atoms with Crippen LogP contribution < -0.4 is 11.2 Å². The fourth-order valence-electron chi connectivity index (χ4n) is 1.73. The molecule has 6 nitrogen and oxygen atoms in total. The van der Waals surface area contributed by atoms with E-state index in [1.165, 1.54) is 12.1 Å². The summed E-state index contributed by atoms with van der Waals surface area (Å²) >= 11 is 0. The molecule has 104 valence electrons. The molecule has 20 heavy (non-hydrogen) atoms. The highest BCUT2D eigenvalue weighted by Crippen LogP contribution is 2.04.